The number of imidazole rings is 2. The van der Waals surface area contributed by atoms with Gasteiger partial charge >= 0.3 is 12.2 Å². The predicted molar refractivity (Wildman–Crippen MR) is 224 cm³/mol. The first-order valence-electron chi connectivity index (χ1n) is 21.0. The van der Waals surface area contributed by atoms with Crippen LogP contribution >= 0.6 is 0 Å². The van der Waals surface area contributed by atoms with Gasteiger partial charge in [-0.3, -0.25) is 9.59 Å². The minimum Gasteiger partial charge on any atom is -0.488 e. The van der Waals surface area contributed by atoms with Crippen LogP contribution < -0.4 is 15.4 Å². The Balaban J connectivity index is 0.967. The summed E-state index contributed by atoms with van der Waals surface area (Å²) in [7, 11) is 2.59. The number of alkyl carbamates (subject to hydrolysis) is 2. The van der Waals surface area contributed by atoms with Crippen molar-refractivity contribution >= 4 is 45.8 Å². The molecule has 2 saturated heterocycles. The summed E-state index contributed by atoms with van der Waals surface area (Å²) in [6, 6.07) is 12.9. The van der Waals surface area contributed by atoms with E-state index in [-0.39, 0.29) is 41.8 Å². The van der Waals surface area contributed by atoms with Crippen LogP contribution in [0.2, 0.25) is 0 Å². The number of aromatic nitrogens is 4. The maximum absolute atomic E-state index is 14.1. The summed E-state index contributed by atoms with van der Waals surface area (Å²) in [5, 5.41) is 7.49. The van der Waals surface area contributed by atoms with Gasteiger partial charge in [0.1, 0.15) is 36.1 Å². The van der Waals surface area contributed by atoms with Crippen LogP contribution in [0.25, 0.3) is 44.2 Å². The van der Waals surface area contributed by atoms with Gasteiger partial charge in [-0.2, -0.15) is 0 Å². The SMILES string of the molecule is COC(=O)NC(C(=O)N1CCC[C@H]1c1ncc(-c2ccc3c(c2)COc2cc4c(ccc5nc([C@@H]6CC7C(C)C7N6C(=O)[C@@H](NC(=O)OC)C(C)C)[nH]c54)cc2-3)[nH]1)C(C)C. The van der Waals surface area contributed by atoms with Crippen LogP contribution in [0.1, 0.15) is 83.2 Å². The minimum absolute atomic E-state index is 0.110. The molecule has 1 aliphatic carbocycles. The van der Waals surface area contributed by atoms with Crippen LogP contribution in [-0.2, 0) is 25.7 Å². The van der Waals surface area contributed by atoms with Crippen molar-refractivity contribution in [2.75, 3.05) is 20.8 Å². The highest BCUT2D eigenvalue weighted by Gasteiger charge is 2.61. The smallest absolute Gasteiger partial charge is 0.407 e. The maximum Gasteiger partial charge on any atom is 0.407 e. The number of hydrogen-bond donors (Lipinski definition) is 4. The number of rotatable bonds is 9. The predicted octanol–water partition coefficient (Wildman–Crippen LogP) is 7.00. The molecule has 4 unspecified atom stereocenters. The van der Waals surface area contributed by atoms with Crippen molar-refractivity contribution in [3.63, 3.8) is 0 Å². The normalized spacial score (nSPS) is 22.6. The average molecular weight is 817 g/mol. The highest BCUT2D eigenvalue weighted by atomic mass is 16.5. The van der Waals surface area contributed by atoms with Crippen molar-refractivity contribution in [2.45, 2.75) is 90.7 Å². The second-order valence-electron chi connectivity index (χ2n) is 17.4. The summed E-state index contributed by atoms with van der Waals surface area (Å²) in [5.41, 5.74) is 6.64. The molecule has 9 rings (SSSR count). The van der Waals surface area contributed by atoms with Crippen molar-refractivity contribution < 1.29 is 33.4 Å². The number of nitrogens with one attached hydrogen (secondary N) is 4. The summed E-state index contributed by atoms with van der Waals surface area (Å²) in [4.78, 5) is 72.7. The molecule has 4 amide bonds. The Kier molecular flexibility index (Phi) is 9.94. The molecule has 4 N–H and O–H groups in total. The van der Waals surface area contributed by atoms with Crippen LogP contribution in [0.15, 0.2) is 48.7 Å². The number of nitrogens with zero attached hydrogens (tertiary/aromatic N) is 4. The van der Waals surface area contributed by atoms with Gasteiger partial charge < -0.3 is 44.6 Å². The van der Waals surface area contributed by atoms with Gasteiger partial charge in [-0.1, -0.05) is 52.8 Å². The van der Waals surface area contributed by atoms with Crippen LogP contribution in [0.4, 0.5) is 9.59 Å². The molecule has 4 aliphatic rings. The fourth-order valence-electron chi connectivity index (χ4n) is 9.80. The molecule has 0 spiro atoms. The fraction of sp³-hybridized carbons (Fsp3) is 0.467. The van der Waals surface area contributed by atoms with Crippen molar-refractivity contribution in [1.82, 2.24) is 40.4 Å². The van der Waals surface area contributed by atoms with E-state index in [4.69, 9.17) is 24.2 Å². The van der Waals surface area contributed by atoms with Crippen LogP contribution in [-0.4, -0.2) is 92.6 Å². The van der Waals surface area contributed by atoms with Crippen molar-refractivity contribution in [3.05, 3.63) is 65.9 Å². The third kappa shape index (κ3) is 6.67. The Hall–Kier alpha value is -6.12. The van der Waals surface area contributed by atoms with Gasteiger partial charge in [0.15, 0.2) is 0 Å². The minimum atomic E-state index is -0.710. The standard InChI is InChI=1S/C45H52N8O7/c1-21(2)36(50-44(56)58-6)42(54)52-14-8-9-33(52)40-46-19-32(48-40)25-10-12-27-26(15-25)20-60-35-18-29-24(16-30(27)35)11-13-31-38(29)49-41(47-31)34-17-28-23(5)39(28)53(34)43(55)37(22(3)4)51-45(57)59-7/h10-13,15-16,18-19,21-23,28,33-34,36-37,39H,8-9,14,17,20H2,1-7H3,(H,46,48)(H,47,49)(H,50,56)(H,51,57)/t23?,28?,33-,34-,36?,37-,39?/m0/s1. The number of carbonyl (C=O) groups excluding carboxylic acids is 4. The molecule has 15 nitrogen and oxygen atoms in total. The number of carbonyl (C=O) groups is 4. The molecule has 5 aromatic rings. The third-order valence-electron chi connectivity index (χ3n) is 13.1. The molecule has 3 fully saturated rings. The molecule has 1 saturated carbocycles. The second kappa shape index (κ2) is 15.2. The van der Waals surface area contributed by atoms with Gasteiger partial charge in [0.25, 0.3) is 0 Å². The quantitative estimate of drug-likeness (QED) is 0.122. The van der Waals surface area contributed by atoms with E-state index in [2.05, 4.69) is 63.9 Å². The van der Waals surface area contributed by atoms with E-state index in [1.54, 1.807) is 0 Å². The van der Waals surface area contributed by atoms with Crippen LogP contribution in [0.5, 0.6) is 5.75 Å². The lowest BCUT2D eigenvalue weighted by molar-refractivity contribution is -0.137. The van der Waals surface area contributed by atoms with E-state index < -0.39 is 24.3 Å². The molecule has 0 radical (unpaired) electrons. The number of methoxy groups -OCH3 is 2. The van der Waals surface area contributed by atoms with Gasteiger partial charge in [0.2, 0.25) is 11.8 Å². The van der Waals surface area contributed by atoms with Gasteiger partial charge in [0.05, 0.1) is 49.2 Å². The Labute approximate surface area is 347 Å². The zero-order valence-corrected chi connectivity index (χ0v) is 35.0. The molecule has 7 atom stereocenters. The molecule has 3 aromatic carbocycles. The van der Waals surface area contributed by atoms with Gasteiger partial charge in [0, 0.05) is 23.5 Å². The highest BCUT2D eigenvalue weighted by molar-refractivity contribution is 6.07. The zero-order valence-electron chi connectivity index (χ0n) is 35.0. The lowest BCUT2D eigenvalue weighted by Gasteiger charge is -2.32. The molecular formula is C45H52N8O7. The Morgan fingerprint density at radius 2 is 1.60 bits per heavy atom. The Morgan fingerprint density at radius 1 is 0.867 bits per heavy atom. The first-order valence-corrected chi connectivity index (χ1v) is 21.0. The number of amides is 4. The number of hydrogen-bond acceptors (Lipinski definition) is 9. The largest absolute Gasteiger partial charge is 0.488 e. The number of likely N-dealkylation sites (tertiary alicyclic amines) is 2. The highest BCUT2D eigenvalue weighted by Crippen LogP contribution is 2.58. The van der Waals surface area contributed by atoms with E-state index in [1.165, 1.54) is 14.2 Å². The number of benzene rings is 3. The molecule has 2 aromatic heterocycles. The van der Waals surface area contributed by atoms with Gasteiger partial charge in [-0.15, -0.1) is 0 Å². The molecule has 3 aliphatic heterocycles. The topological polar surface area (TPSA) is 184 Å². The molecule has 0 bridgehead atoms. The average Bonchev–Trinajstić information content (AvgIpc) is 3.90. The number of aromatic amines is 2. The van der Waals surface area contributed by atoms with E-state index in [1.807, 2.05) is 49.8 Å². The molecular weight excluding hydrogens is 765 g/mol. The first-order chi connectivity index (χ1) is 28.9. The van der Waals surface area contributed by atoms with E-state index >= 15 is 0 Å². The monoisotopic (exact) mass is 816 g/mol. The number of fused-ring (bicyclic) bond motifs is 7. The van der Waals surface area contributed by atoms with Crippen molar-refractivity contribution in [1.29, 1.82) is 0 Å². The Bertz CT molecular complexity index is 2530. The van der Waals surface area contributed by atoms with E-state index in [0.717, 1.165) is 80.6 Å². The number of piperidine rings is 1. The summed E-state index contributed by atoms with van der Waals surface area (Å²) in [6.45, 7) is 10.8. The summed E-state index contributed by atoms with van der Waals surface area (Å²) < 4.78 is 16.1. The summed E-state index contributed by atoms with van der Waals surface area (Å²) >= 11 is 0. The lowest BCUT2D eigenvalue weighted by atomic mass is 9.92. The molecule has 314 valence electrons. The fourth-order valence-corrected chi connectivity index (χ4v) is 9.80. The van der Waals surface area contributed by atoms with Gasteiger partial charge in [-0.05, 0) is 89.3 Å². The van der Waals surface area contributed by atoms with Crippen molar-refractivity contribution in [2.24, 2.45) is 23.7 Å². The number of H-pyrrole nitrogens is 2. The van der Waals surface area contributed by atoms with Crippen LogP contribution in [0.3, 0.4) is 0 Å². The first kappa shape index (κ1) is 39.3. The third-order valence-corrected chi connectivity index (χ3v) is 13.1. The molecule has 60 heavy (non-hydrogen) atoms. The van der Waals surface area contributed by atoms with E-state index in [9.17, 15) is 19.2 Å². The van der Waals surface area contributed by atoms with Gasteiger partial charge in [-0.25, -0.2) is 19.6 Å². The zero-order chi connectivity index (χ0) is 42.1. The summed E-state index contributed by atoms with van der Waals surface area (Å²) in [5.74, 6) is 2.52. The van der Waals surface area contributed by atoms with Crippen LogP contribution in [0, 0.1) is 23.7 Å². The second-order valence-corrected chi connectivity index (χ2v) is 17.4. The Morgan fingerprint density at radius 3 is 2.32 bits per heavy atom. The lowest BCUT2D eigenvalue weighted by Crippen LogP contribution is -2.52. The number of ether oxygens (including phenoxy) is 3. The summed E-state index contributed by atoms with van der Waals surface area (Å²) in [6.07, 6.45) is 2.98. The van der Waals surface area contributed by atoms with Crippen molar-refractivity contribution in [3.8, 4) is 28.1 Å². The van der Waals surface area contributed by atoms with E-state index in [0.29, 0.717) is 30.8 Å². The molecule has 15 heteroatoms. The maximum atomic E-state index is 14.1. The molecule has 5 heterocycles.